The second-order valence-corrected chi connectivity index (χ2v) is 10.7. The SMILES string of the molecule is CC(=O)NCCc1ccc(C(=O)C(C)Sc2nc3scc(-c4cccs4)c3c(=O)n2C)cc1. The first-order valence-corrected chi connectivity index (χ1v) is 13.1. The number of nitrogens with zero attached hydrogens (tertiary/aromatic N) is 2. The topological polar surface area (TPSA) is 81.1 Å². The van der Waals surface area contributed by atoms with E-state index in [2.05, 4.69) is 5.32 Å². The first kappa shape index (κ1) is 23.4. The molecule has 170 valence electrons. The zero-order valence-corrected chi connectivity index (χ0v) is 20.9. The number of thioether (sulfide) groups is 1. The number of carbonyl (C=O) groups excluding carboxylic acids is 2. The van der Waals surface area contributed by atoms with E-state index >= 15 is 0 Å². The maximum atomic E-state index is 13.1. The van der Waals surface area contributed by atoms with E-state index in [9.17, 15) is 14.4 Å². The maximum absolute atomic E-state index is 13.1. The van der Waals surface area contributed by atoms with Crippen molar-refractivity contribution in [3.8, 4) is 10.4 Å². The van der Waals surface area contributed by atoms with Crippen molar-refractivity contribution < 1.29 is 9.59 Å². The Morgan fingerprint density at radius 1 is 1.18 bits per heavy atom. The van der Waals surface area contributed by atoms with Gasteiger partial charge in [-0.25, -0.2) is 4.98 Å². The molecule has 6 nitrogen and oxygen atoms in total. The Kier molecular flexibility index (Phi) is 7.11. The van der Waals surface area contributed by atoms with Crippen LogP contribution in [0.1, 0.15) is 29.8 Å². The fraction of sp³-hybridized carbons (Fsp3) is 0.250. The normalized spacial score (nSPS) is 12.1. The summed E-state index contributed by atoms with van der Waals surface area (Å²) in [5.41, 5.74) is 2.47. The summed E-state index contributed by atoms with van der Waals surface area (Å²) >= 11 is 4.34. The van der Waals surface area contributed by atoms with Gasteiger partial charge in [-0.1, -0.05) is 42.1 Å². The molecule has 1 aromatic carbocycles. The Balaban J connectivity index is 1.51. The standard InChI is InChI=1S/C24H23N3O3S3/c1-14(21(29)17-8-6-16(7-9-17)10-11-25-15(2)28)33-24-26-22-20(23(30)27(24)3)18(13-32-22)19-5-4-12-31-19/h4-9,12-14H,10-11H2,1-3H3,(H,25,28). The molecule has 33 heavy (non-hydrogen) atoms. The number of hydrogen-bond donors (Lipinski definition) is 1. The fourth-order valence-electron chi connectivity index (χ4n) is 3.44. The van der Waals surface area contributed by atoms with Crippen molar-refractivity contribution >= 4 is 56.3 Å². The molecule has 0 aliphatic heterocycles. The third kappa shape index (κ3) is 5.10. The highest BCUT2D eigenvalue weighted by Gasteiger charge is 2.21. The maximum Gasteiger partial charge on any atom is 0.263 e. The molecule has 4 rings (SSSR count). The van der Waals surface area contributed by atoms with Crippen LogP contribution in [0.15, 0.2) is 57.1 Å². The Morgan fingerprint density at radius 3 is 2.61 bits per heavy atom. The number of thiophene rings is 2. The van der Waals surface area contributed by atoms with Crippen molar-refractivity contribution in [1.82, 2.24) is 14.9 Å². The second kappa shape index (κ2) is 10.0. The van der Waals surface area contributed by atoms with Gasteiger partial charge >= 0.3 is 0 Å². The van der Waals surface area contributed by atoms with E-state index in [4.69, 9.17) is 4.98 Å². The average molecular weight is 498 g/mol. The summed E-state index contributed by atoms with van der Waals surface area (Å²) in [5.74, 6) is -0.0765. The monoisotopic (exact) mass is 497 g/mol. The number of ketones is 1. The number of rotatable bonds is 8. The molecule has 3 heterocycles. The van der Waals surface area contributed by atoms with E-state index in [0.717, 1.165) is 16.0 Å². The molecule has 0 radical (unpaired) electrons. The van der Waals surface area contributed by atoms with Gasteiger partial charge in [-0.05, 0) is 30.4 Å². The zero-order valence-electron chi connectivity index (χ0n) is 18.5. The predicted molar refractivity (Wildman–Crippen MR) is 137 cm³/mol. The number of hydrogen-bond acceptors (Lipinski definition) is 7. The molecular weight excluding hydrogens is 474 g/mol. The van der Waals surface area contributed by atoms with E-state index < -0.39 is 5.25 Å². The Morgan fingerprint density at radius 2 is 1.94 bits per heavy atom. The van der Waals surface area contributed by atoms with Crippen molar-refractivity contribution in [3.63, 3.8) is 0 Å². The predicted octanol–water partition coefficient (Wildman–Crippen LogP) is 4.77. The van der Waals surface area contributed by atoms with E-state index in [1.165, 1.54) is 34.6 Å². The van der Waals surface area contributed by atoms with Gasteiger partial charge in [0.05, 0.1) is 10.6 Å². The second-order valence-electron chi connectivity index (χ2n) is 7.62. The number of nitrogens with one attached hydrogen (secondary N) is 1. The van der Waals surface area contributed by atoms with Gasteiger partial charge in [0, 0.05) is 41.9 Å². The lowest BCUT2D eigenvalue weighted by molar-refractivity contribution is -0.118. The summed E-state index contributed by atoms with van der Waals surface area (Å²) in [6.45, 7) is 3.89. The minimum Gasteiger partial charge on any atom is -0.356 e. The first-order valence-electron chi connectivity index (χ1n) is 10.4. The molecule has 9 heteroatoms. The number of amides is 1. The smallest absolute Gasteiger partial charge is 0.263 e. The van der Waals surface area contributed by atoms with Gasteiger partial charge in [0.2, 0.25) is 5.91 Å². The third-order valence-corrected chi connectivity index (χ3v) is 8.16. The molecular formula is C24H23N3O3S3. The molecule has 0 saturated heterocycles. The van der Waals surface area contributed by atoms with Crippen LogP contribution >= 0.6 is 34.4 Å². The van der Waals surface area contributed by atoms with Crippen molar-refractivity contribution in [2.24, 2.45) is 7.05 Å². The van der Waals surface area contributed by atoms with Crippen LogP contribution in [0.2, 0.25) is 0 Å². The molecule has 0 fully saturated rings. The number of benzene rings is 1. The minimum atomic E-state index is -0.400. The molecule has 0 aliphatic carbocycles. The number of fused-ring (bicyclic) bond motifs is 1. The van der Waals surface area contributed by atoms with Crippen molar-refractivity contribution in [3.05, 3.63) is 68.6 Å². The average Bonchev–Trinajstić information content (AvgIpc) is 3.47. The molecule has 0 aliphatic rings. The minimum absolute atomic E-state index is 0.0202. The molecule has 0 spiro atoms. The highest BCUT2D eigenvalue weighted by Crippen LogP contribution is 2.35. The summed E-state index contributed by atoms with van der Waals surface area (Å²) in [6.07, 6.45) is 0.707. The highest BCUT2D eigenvalue weighted by molar-refractivity contribution is 8.00. The van der Waals surface area contributed by atoms with Crippen molar-refractivity contribution in [2.75, 3.05) is 6.54 Å². The summed E-state index contributed by atoms with van der Waals surface area (Å²) in [5, 5.41) is 7.48. The third-order valence-electron chi connectivity index (χ3n) is 5.24. The lowest BCUT2D eigenvalue weighted by Crippen LogP contribution is -2.22. The van der Waals surface area contributed by atoms with Crippen molar-refractivity contribution in [2.45, 2.75) is 30.7 Å². The van der Waals surface area contributed by atoms with E-state index in [0.29, 0.717) is 33.9 Å². The van der Waals surface area contributed by atoms with Gasteiger partial charge < -0.3 is 5.32 Å². The summed E-state index contributed by atoms with van der Waals surface area (Å²) < 4.78 is 1.53. The lowest BCUT2D eigenvalue weighted by Gasteiger charge is -2.13. The molecule has 0 bridgehead atoms. The van der Waals surface area contributed by atoms with Gasteiger partial charge in [0.1, 0.15) is 4.83 Å². The summed E-state index contributed by atoms with van der Waals surface area (Å²) in [7, 11) is 1.70. The van der Waals surface area contributed by atoms with E-state index in [1.807, 2.05) is 54.1 Å². The fourth-order valence-corrected chi connectivity index (χ4v) is 6.19. The number of aromatic nitrogens is 2. The van der Waals surface area contributed by atoms with Crippen LogP contribution in [0.3, 0.4) is 0 Å². The molecule has 1 unspecified atom stereocenters. The number of carbonyl (C=O) groups is 2. The molecule has 4 aromatic rings. The van der Waals surface area contributed by atoms with E-state index in [-0.39, 0.29) is 17.2 Å². The van der Waals surface area contributed by atoms with Crippen LogP contribution in [0.25, 0.3) is 20.7 Å². The summed E-state index contributed by atoms with van der Waals surface area (Å²) in [4.78, 5) is 43.5. The Hall–Kier alpha value is -2.75. The highest BCUT2D eigenvalue weighted by atomic mass is 32.2. The summed E-state index contributed by atoms with van der Waals surface area (Å²) in [6, 6.07) is 11.4. The molecule has 3 aromatic heterocycles. The van der Waals surface area contributed by atoms with Gasteiger partial charge in [-0.2, -0.15) is 0 Å². The van der Waals surface area contributed by atoms with Gasteiger partial charge in [0.25, 0.3) is 5.56 Å². The van der Waals surface area contributed by atoms with Crippen LogP contribution in [-0.4, -0.2) is 33.0 Å². The van der Waals surface area contributed by atoms with Crippen LogP contribution in [-0.2, 0) is 18.3 Å². The van der Waals surface area contributed by atoms with Crippen LogP contribution < -0.4 is 10.9 Å². The van der Waals surface area contributed by atoms with Crippen LogP contribution in [0.5, 0.6) is 0 Å². The van der Waals surface area contributed by atoms with Crippen molar-refractivity contribution in [1.29, 1.82) is 0 Å². The molecule has 1 amide bonds. The largest absolute Gasteiger partial charge is 0.356 e. The first-order chi connectivity index (χ1) is 15.8. The van der Waals surface area contributed by atoms with Crippen LogP contribution in [0, 0.1) is 0 Å². The van der Waals surface area contributed by atoms with Gasteiger partial charge in [-0.15, -0.1) is 22.7 Å². The van der Waals surface area contributed by atoms with Crippen LogP contribution in [0.4, 0.5) is 0 Å². The molecule has 1 N–H and O–H groups in total. The van der Waals surface area contributed by atoms with Gasteiger partial charge in [0.15, 0.2) is 10.9 Å². The Labute approximate surface area is 203 Å². The zero-order chi connectivity index (χ0) is 23.5. The molecule has 1 atom stereocenters. The quantitative estimate of drug-likeness (QED) is 0.216. The lowest BCUT2D eigenvalue weighted by atomic mass is 10.0. The van der Waals surface area contributed by atoms with Gasteiger partial charge in [-0.3, -0.25) is 19.0 Å². The number of Topliss-reactive ketones (excluding diaryl/α,β-unsaturated/α-hetero) is 1. The Bertz CT molecular complexity index is 1360. The van der Waals surface area contributed by atoms with E-state index in [1.54, 1.807) is 18.4 Å². The molecule has 0 saturated carbocycles.